The van der Waals surface area contributed by atoms with Crippen LogP contribution in [0, 0.1) is 0 Å². The van der Waals surface area contributed by atoms with Crippen LogP contribution in [0.5, 0.6) is 0 Å². The molecule has 1 aliphatic heterocycles. The van der Waals surface area contributed by atoms with E-state index >= 15 is 0 Å². The van der Waals surface area contributed by atoms with Crippen molar-refractivity contribution in [1.29, 1.82) is 0 Å². The lowest BCUT2D eigenvalue weighted by atomic mass is 10.2. The van der Waals surface area contributed by atoms with Gasteiger partial charge in [0.1, 0.15) is 0 Å². The van der Waals surface area contributed by atoms with Crippen molar-refractivity contribution in [3.8, 4) is 0 Å². The van der Waals surface area contributed by atoms with Gasteiger partial charge in [-0.05, 0) is 12.0 Å². The zero-order valence-corrected chi connectivity index (χ0v) is 14.1. The largest absolute Gasteiger partial charge is 0.355 e. The molecule has 0 saturated carbocycles. The number of benzene rings is 1. The minimum absolute atomic E-state index is 0. The molecule has 0 radical (unpaired) electrons. The van der Waals surface area contributed by atoms with Crippen molar-refractivity contribution in [3.63, 3.8) is 0 Å². The molecule has 1 amide bonds. The van der Waals surface area contributed by atoms with Gasteiger partial charge in [0.15, 0.2) is 0 Å². The number of thioether (sulfide) groups is 1. The average molecular weight is 329 g/mol. The van der Waals surface area contributed by atoms with Gasteiger partial charge in [0.2, 0.25) is 5.91 Å². The fourth-order valence-corrected chi connectivity index (χ4v) is 3.57. The maximum atomic E-state index is 12.1. The Kier molecular flexibility index (Phi) is 8.81. The number of amides is 1. The van der Waals surface area contributed by atoms with Crippen LogP contribution < -0.4 is 10.6 Å². The van der Waals surface area contributed by atoms with Crippen molar-refractivity contribution >= 4 is 30.1 Å². The zero-order chi connectivity index (χ0) is 14.2. The Morgan fingerprint density at radius 3 is 2.76 bits per heavy atom. The van der Waals surface area contributed by atoms with Gasteiger partial charge in [0.25, 0.3) is 0 Å². The fraction of sp³-hybridized carbons (Fsp3) is 0.562. The molecule has 0 spiro atoms. The monoisotopic (exact) mass is 328 g/mol. The number of hydrogen-bond acceptors (Lipinski definition) is 3. The second kappa shape index (κ2) is 10.1. The SMILES string of the molecule is CCCCCCNC(=O)C1CSC(c2ccccc2)N1.Cl. The van der Waals surface area contributed by atoms with Crippen LogP contribution in [-0.4, -0.2) is 24.2 Å². The van der Waals surface area contributed by atoms with Crippen LogP contribution in [0.2, 0.25) is 0 Å². The van der Waals surface area contributed by atoms with E-state index in [1.54, 1.807) is 0 Å². The first-order valence-corrected chi connectivity index (χ1v) is 8.56. The third-order valence-electron chi connectivity index (χ3n) is 3.53. The predicted molar refractivity (Wildman–Crippen MR) is 93.0 cm³/mol. The van der Waals surface area contributed by atoms with Crippen LogP contribution in [-0.2, 0) is 4.79 Å². The van der Waals surface area contributed by atoms with Crippen LogP contribution in [0.1, 0.15) is 43.5 Å². The van der Waals surface area contributed by atoms with Gasteiger partial charge >= 0.3 is 0 Å². The molecule has 1 aliphatic rings. The molecule has 0 aliphatic carbocycles. The minimum atomic E-state index is -0.0589. The summed E-state index contributed by atoms with van der Waals surface area (Å²) >= 11 is 1.81. The van der Waals surface area contributed by atoms with Gasteiger partial charge in [-0.25, -0.2) is 0 Å². The van der Waals surface area contributed by atoms with Crippen molar-refractivity contribution in [3.05, 3.63) is 35.9 Å². The Morgan fingerprint density at radius 1 is 1.29 bits per heavy atom. The van der Waals surface area contributed by atoms with E-state index in [0.29, 0.717) is 0 Å². The summed E-state index contributed by atoms with van der Waals surface area (Å²) in [5, 5.41) is 6.69. The van der Waals surface area contributed by atoms with Gasteiger partial charge in [0, 0.05) is 12.3 Å². The number of unbranched alkanes of at least 4 members (excludes halogenated alkanes) is 3. The summed E-state index contributed by atoms with van der Waals surface area (Å²) in [4.78, 5) is 12.1. The Bertz CT molecular complexity index is 416. The van der Waals surface area contributed by atoms with E-state index < -0.39 is 0 Å². The zero-order valence-electron chi connectivity index (χ0n) is 12.5. The first-order chi connectivity index (χ1) is 9.81. The lowest BCUT2D eigenvalue weighted by molar-refractivity contribution is -0.122. The molecule has 1 aromatic carbocycles. The number of carbonyl (C=O) groups excluding carboxylic acids is 1. The average Bonchev–Trinajstić information content (AvgIpc) is 2.98. The lowest BCUT2D eigenvalue weighted by Crippen LogP contribution is -2.42. The first-order valence-electron chi connectivity index (χ1n) is 7.51. The maximum Gasteiger partial charge on any atom is 0.238 e. The predicted octanol–water partition coefficient (Wildman–Crippen LogP) is 3.51. The highest BCUT2D eigenvalue weighted by Crippen LogP contribution is 2.32. The van der Waals surface area contributed by atoms with E-state index in [1.165, 1.54) is 24.8 Å². The molecule has 2 rings (SSSR count). The summed E-state index contributed by atoms with van der Waals surface area (Å²) in [6.45, 7) is 3.00. The second-order valence-electron chi connectivity index (χ2n) is 5.19. The van der Waals surface area contributed by atoms with E-state index in [2.05, 4.69) is 29.7 Å². The minimum Gasteiger partial charge on any atom is -0.355 e. The molecule has 0 bridgehead atoms. The number of nitrogens with one attached hydrogen (secondary N) is 2. The van der Waals surface area contributed by atoms with Crippen molar-refractivity contribution in [2.24, 2.45) is 0 Å². The molecule has 1 heterocycles. The summed E-state index contributed by atoms with van der Waals surface area (Å²) in [5.74, 6) is 0.993. The van der Waals surface area contributed by atoms with Crippen LogP contribution in [0.15, 0.2) is 30.3 Å². The molecule has 1 saturated heterocycles. The summed E-state index contributed by atoms with van der Waals surface area (Å²) in [6.07, 6.45) is 4.77. The molecule has 2 atom stereocenters. The molecule has 118 valence electrons. The number of carbonyl (C=O) groups is 1. The highest BCUT2D eigenvalue weighted by atomic mass is 35.5. The summed E-state index contributed by atoms with van der Waals surface area (Å²) in [6, 6.07) is 10.3. The van der Waals surface area contributed by atoms with Crippen molar-refractivity contribution in [2.75, 3.05) is 12.3 Å². The summed E-state index contributed by atoms with van der Waals surface area (Å²) < 4.78 is 0. The lowest BCUT2D eigenvalue weighted by Gasteiger charge is -2.13. The van der Waals surface area contributed by atoms with Crippen LogP contribution in [0.4, 0.5) is 0 Å². The first kappa shape index (κ1) is 18.3. The standard InChI is InChI=1S/C16H24N2OS.ClH/c1-2-3-4-8-11-17-15(19)14-12-20-16(18-14)13-9-6-5-7-10-13;/h5-7,9-10,14,16,18H,2-4,8,11-12H2,1H3,(H,17,19);1H. The molecule has 1 aromatic rings. The Morgan fingerprint density at radius 2 is 2.05 bits per heavy atom. The third-order valence-corrected chi connectivity index (χ3v) is 4.80. The Labute approximate surface area is 138 Å². The van der Waals surface area contributed by atoms with Crippen LogP contribution in [0.25, 0.3) is 0 Å². The van der Waals surface area contributed by atoms with Gasteiger partial charge in [-0.3, -0.25) is 10.1 Å². The second-order valence-corrected chi connectivity index (χ2v) is 6.33. The van der Waals surface area contributed by atoms with Crippen LogP contribution in [0.3, 0.4) is 0 Å². The van der Waals surface area contributed by atoms with Gasteiger partial charge in [0.05, 0.1) is 11.4 Å². The smallest absolute Gasteiger partial charge is 0.238 e. The Hall–Kier alpha value is -0.710. The quantitative estimate of drug-likeness (QED) is 0.753. The molecular weight excluding hydrogens is 304 g/mol. The third kappa shape index (κ3) is 5.89. The van der Waals surface area contributed by atoms with Gasteiger partial charge in [-0.2, -0.15) is 0 Å². The molecular formula is C16H25ClN2OS. The van der Waals surface area contributed by atoms with E-state index in [1.807, 2.05) is 30.0 Å². The molecule has 1 fully saturated rings. The molecule has 2 N–H and O–H groups in total. The summed E-state index contributed by atoms with van der Waals surface area (Å²) in [7, 11) is 0. The van der Waals surface area contributed by atoms with Gasteiger partial charge in [-0.1, -0.05) is 56.5 Å². The van der Waals surface area contributed by atoms with Crippen molar-refractivity contribution < 1.29 is 4.79 Å². The molecule has 21 heavy (non-hydrogen) atoms. The normalized spacial score (nSPS) is 20.8. The highest BCUT2D eigenvalue weighted by molar-refractivity contribution is 7.99. The summed E-state index contributed by atoms with van der Waals surface area (Å²) in [5.41, 5.74) is 1.25. The number of halogens is 1. The number of hydrogen-bond donors (Lipinski definition) is 2. The van der Waals surface area contributed by atoms with E-state index in [-0.39, 0.29) is 29.7 Å². The maximum absolute atomic E-state index is 12.1. The molecule has 3 nitrogen and oxygen atoms in total. The fourth-order valence-electron chi connectivity index (χ4n) is 2.33. The van der Waals surface area contributed by atoms with Gasteiger partial charge in [-0.15, -0.1) is 24.2 Å². The molecule has 0 aromatic heterocycles. The Balaban J connectivity index is 0.00000220. The number of rotatable bonds is 7. The van der Waals surface area contributed by atoms with Crippen molar-refractivity contribution in [1.82, 2.24) is 10.6 Å². The topological polar surface area (TPSA) is 41.1 Å². The van der Waals surface area contributed by atoms with E-state index in [0.717, 1.165) is 18.7 Å². The van der Waals surface area contributed by atoms with E-state index in [9.17, 15) is 4.79 Å². The van der Waals surface area contributed by atoms with Crippen molar-refractivity contribution in [2.45, 2.75) is 44.0 Å². The molecule has 2 unspecified atom stereocenters. The highest BCUT2D eigenvalue weighted by Gasteiger charge is 2.29. The van der Waals surface area contributed by atoms with Crippen LogP contribution >= 0.6 is 24.2 Å². The molecule has 5 heteroatoms. The van der Waals surface area contributed by atoms with E-state index in [4.69, 9.17) is 0 Å². The van der Waals surface area contributed by atoms with Gasteiger partial charge < -0.3 is 5.32 Å².